The lowest BCUT2D eigenvalue weighted by atomic mass is 10.0. The molecular formula is C16H20BrNO. The Bertz CT molecular complexity index is 521. The molecule has 0 spiro atoms. The van der Waals surface area contributed by atoms with Crippen LogP contribution in [0.2, 0.25) is 0 Å². The van der Waals surface area contributed by atoms with Crippen molar-refractivity contribution in [3.63, 3.8) is 0 Å². The number of nitrogens with one attached hydrogen (secondary N) is 1. The van der Waals surface area contributed by atoms with Gasteiger partial charge in [0, 0.05) is 16.1 Å². The van der Waals surface area contributed by atoms with E-state index in [9.17, 15) is 0 Å². The molecule has 0 amide bonds. The number of rotatable bonds is 6. The van der Waals surface area contributed by atoms with Crippen LogP contribution in [0.3, 0.4) is 0 Å². The van der Waals surface area contributed by atoms with Crippen molar-refractivity contribution in [1.29, 1.82) is 0 Å². The quantitative estimate of drug-likeness (QED) is 0.838. The lowest BCUT2D eigenvalue weighted by molar-refractivity contribution is 0.503. The molecule has 19 heavy (non-hydrogen) atoms. The van der Waals surface area contributed by atoms with Gasteiger partial charge in [-0.25, -0.2) is 0 Å². The smallest absolute Gasteiger partial charge is 0.101 e. The fourth-order valence-corrected chi connectivity index (χ4v) is 2.60. The molecule has 0 aliphatic heterocycles. The molecule has 1 atom stereocenters. The van der Waals surface area contributed by atoms with Gasteiger partial charge in [-0.1, -0.05) is 41.1 Å². The fourth-order valence-electron chi connectivity index (χ4n) is 2.16. The van der Waals surface area contributed by atoms with E-state index >= 15 is 0 Å². The molecule has 0 radical (unpaired) electrons. The number of halogens is 1. The molecule has 0 aliphatic rings. The Labute approximate surface area is 123 Å². The molecule has 1 heterocycles. The first-order chi connectivity index (χ1) is 9.20. The van der Waals surface area contributed by atoms with E-state index < -0.39 is 0 Å². The average Bonchev–Trinajstić information content (AvgIpc) is 2.83. The zero-order valence-corrected chi connectivity index (χ0v) is 13.0. The second-order valence-electron chi connectivity index (χ2n) is 4.79. The first kappa shape index (κ1) is 14.4. The Morgan fingerprint density at radius 1 is 1.32 bits per heavy atom. The molecule has 0 bridgehead atoms. The third-order valence-corrected chi connectivity index (χ3v) is 3.95. The van der Waals surface area contributed by atoms with Gasteiger partial charge in [0.05, 0.1) is 6.26 Å². The van der Waals surface area contributed by atoms with Crippen LogP contribution in [0.25, 0.3) is 0 Å². The highest BCUT2D eigenvalue weighted by Crippen LogP contribution is 2.25. The van der Waals surface area contributed by atoms with Crippen molar-refractivity contribution in [1.82, 2.24) is 5.32 Å². The standard InChI is InChI=1S/C16H20BrNO/c1-3-8-18-16(14-9-12(2)19-11-14)10-13-6-4-5-7-15(13)17/h4-7,9,11,16,18H,3,8,10H2,1-2H3. The average molecular weight is 322 g/mol. The normalized spacial score (nSPS) is 12.6. The van der Waals surface area contributed by atoms with Crippen molar-refractivity contribution in [3.8, 4) is 0 Å². The summed E-state index contributed by atoms with van der Waals surface area (Å²) in [4.78, 5) is 0. The van der Waals surface area contributed by atoms with Crippen LogP contribution in [-0.4, -0.2) is 6.54 Å². The third-order valence-electron chi connectivity index (χ3n) is 3.18. The summed E-state index contributed by atoms with van der Waals surface area (Å²) in [7, 11) is 0. The van der Waals surface area contributed by atoms with E-state index in [-0.39, 0.29) is 0 Å². The number of hydrogen-bond donors (Lipinski definition) is 1. The molecule has 102 valence electrons. The predicted molar refractivity (Wildman–Crippen MR) is 82.3 cm³/mol. The van der Waals surface area contributed by atoms with E-state index in [1.165, 1.54) is 15.6 Å². The first-order valence-electron chi connectivity index (χ1n) is 6.72. The number of benzene rings is 1. The monoisotopic (exact) mass is 321 g/mol. The molecule has 1 N–H and O–H groups in total. The number of furan rings is 1. The van der Waals surface area contributed by atoms with Crippen molar-refractivity contribution < 1.29 is 4.42 Å². The maximum absolute atomic E-state index is 5.44. The first-order valence-corrected chi connectivity index (χ1v) is 7.51. The van der Waals surface area contributed by atoms with Crippen LogP contribution in [0.15, 0.2) is 45.5 Å². The summed E-state index contributed by atoms with van der Waals surface area (Å²) in [5.74, 6) is 0.963. The predicted octanol–water partition coefficient (Wildman–Crippen LogP) is 4.63. The molecule has 0 saturated heterocycles. The Balaban J connectivity index is 2.16. The zero-order chi connectivity index (χ0) is 13.7. The minimum atomic E-state index is 0.302. The summed E-state index contributed by atoms with van der Waals surface area (Å²) in [6.45, 7) is 5.18. The lowest BCUT2D eigenvalue weighted by Gasteiger charge is -2.18. The van der Waals surface area contributed by atoms with Gasteiger partial charge in [0.2, 0.25) is 0 Å². The van der Waals surface area contributed by atoms with Gasteiger partial charge in [0.1, 0.15) is 5.76 Å². The molecule has 3 heteroatoms. The van der Waals surface area contributed by atoms with Gasteiger partial charge < -0.3 is 9.73 Å². The molecule has 1 aromatic heterocycles. The largest absolute Gasteiger partial charge is 0.469 e. The second kappa shape index (κ2) is 6.92. The molecule has 0 aliphatic carbocycles. The SMILES string of the molecule is CCCNC(Cc1ccccc1Br)c1coc(C)c1. The molecular weight excluding hydrogens is 302 g/mol. The molecule has 2 aromatic rings. The van der Waals surface area contributed by atoms with Gasteiger partial charge in [0.25, 0.3) is 0 Å². The van der Waals surface area contributed by atoms with Crippen LogP contribution in [0.5, 0.6) is 0 Å². The van der Waals surface area contributed by atoms with Gasteiger partial charge in [-0.15, -0.1) is 0 Å². The highest BCUT2D eigenvalue weighted by Gasteiger charge is 2.15. The minimum Gasteiger partial charge on any atom is -0.469 e. The van der Waals surface area contributed by atoms with E-state index in [2.05, 4.69) is 52.4 Å². The van der Waals surface area contributed by atoms with Crippen LogP contribution >= 0.6 is 15.9 Å². The minimum absolute atomic E-state index is 0.302. The topological polar surface area (TPSA) is 25.2 Å². The van der Waals surface area contributed by atoms with Gasteiger partial charge in [-0.2, -0.15) is 0 Å². The molecule has 1 unspecified atom stereocenters. The molecule has 0 fully saturated rings. The van der Waals surface area contributed by atoms with Crippen LogP contribution in [0, 0.1) is 6.92 Å². The van der Waals surface area contributed by atoms with Crippen molar-refractivity contribution in [2.45, 2.75) is 32.7 Å². The molecule has 2 rings (SSSR count). The summed E-state index contributed by atoms with van der Waals surface area (Å²) in [6.07, 6.45) is 3.95. The zero-order valence-electron chi connectivity index (χ0n) is 11.4. The molecule has 0 saturated carbocycles. The Morgan fingerprint density at radius 2 is 2.11 bits per heavy atom. The Morgan fingerprint density at radius 3 is 2.74 bits per heavy atom. The summed E-state index contributed by atoms with van der Waals surface area (Å²) in [5.41, 5.74) is 2.54. The highest BCUT2D eigenvalue weighted by atomic mass is 79.9. The van der Waals surface area contributed by atoms with E-state index in [1.54, 1.807) is 0 Å². The van der Waals surface area contributed by atoms with Crippen LogP contribution in [-0.2, 0) is 6.42 Å². The summed E-state index contributed by atoms with van der Waals surface area (Å²) in [5, 5.41) is 3.59. The molecule has 2 nitrogen and oxygen atoms in total. The maximum Gasteiger partial charge on any atom is 0.101 e. The van der Waals surface area contributed by atoms with E-state index in [4.69, 9.17) is 4.42 Å². The number of hydrogen-bond acceptors (Lipinski definition) is 2. The van der Waals surface area contributed by atoms with E-state index in [1.807, 2.05) is 19.3 Å². The fraction of sp³-hybridized carbons (Fsp3) is 0.375. The van der Waals surface area contributed by atoms with Crippen molar-refractivity contribution in [2.75, 3.05) is 6.54 Å². The van der Waals surface area contributed by atoms with Gasteiger partial charge in [0.15, 0.2) is 0 Å². The van der Waals surface area contributed by atoms with Crippen molar-refractivity contribution >= 4 is 15.9 Å². The summed E-state index contributed by atoms with van der Waals surface area (Å²) < 4.78 is 6.61. The highest BCUT2D eigenvalue weighted by molar-refractivity contribution is 9.10. The Hall–Kier alpha value is -1.06. The third kappa shape index (κ3) is 3.95. The van der Waals surface area contributed by atoms with Gasteiger partial charge in [-0.3, -0.25) is 0 Å². The number of aryl methyl sites for hydroxylation is 1. The lowest BCUT2D eigenvalue weighted by Crippen LogP contribution is -2.23. The van der Waals surface area contributed by atoms with Crippen molar-refractivity contribution in [3.05, 3.63) is 58.0 Å². The van der Waals surface area contributed by atoms with E-state index in [0.717, 1.165) is 25.1 Å². The maximum atomic E-state index is 5.44. The molecule has 1 aromatic carbocycles. The second-order valence-corrected chi connectivity index (χ2v) is 5.65. The van der Waals surface area contributed by atoms with E-state index in [0.29, 0.717) is 6.04 Å². The van der Waals surface area contributed by atoms with Crippen LogP contribution < -0.4 is 5.32 Å². The Kier molecular flexibility index (Phi) is 5.23. The summed E-state index contributed by atoms with van der Waals surface area (Å²) in [6, 6.07) is 10.8. The van der Waals surface area contributed by atoms with Crippen LogP contribution in [0.1, 0.15) is 36.3 Å². The van der Waals surface area contributed by atoms with Gasteiger partial charge >= 0.3 is 0 Å². The van der Waals surface area contributed by atoms with Crippen LogP contribution in [0.4, 0.5) is 0 Å². The van der Waals surface area contributed by atoms with Crippen molar-refractivity contribution in [2.24, 2.45) is 0 Å². The summed E-state index contributed by atoms with van der Waals surface area (Å²) >= 11 is 3.62. The van der Waals surface area contributed by atoms with Gasteiger partial charge in [-0.05, 0) is 44.0 Å².